The first-order chi connectivity index (χ1) is 15.6. The number of rotatable bonds is 7. The number of aldehydes is 1. The van der Waals surface area contributed by atoms with E-state index in [2.05, 4.69) is 33.9 Å². The first-order valence-corrected chi connectivity index (χ1v) is 14.3. The van der Waals surface area contributed by atoms with Gasteiger partial charge in [-0.1, -0.05) is 51.1 Å². The minimum Gasteiger partial charge on any atom is -0.541 e. The quantitative estimate of drug-likeness (QED) is 0.373. The van der Waals surface area contributed by atoms with Crippen LogP contribution in [0.4, 0.5) is 4.79 Å². The predicted octanol–water partition coefficient (Wildman–Crippen LogP) is 5.90. The molecule has 0 aromatic heterocycles. The number of ether oxygens (including phenoxy) is 2. The summed E-state index contributed by atoms with van der Waals surface area (Å²) in [5.74, 6) is 1.35. The molecule has 1 aliphatic heterocycles. The molecule has 0 N–H and O–H groups in total. The maximum atomic E-state index is 12.9. The van der Waals surface area contributed by atoms with Crippen molar-refractivity contribution in [2.45, 2.75) is 64.4 Å². The second-order valence-corrected chi connectivity index (χ2v) is 14.7. The Hall–Kier alpha value is -2.80. The van der Waals surface area contributed by atoms with Gasteiger partial charge in [0.05, 0.1) is 13.2 Å². The van der Waals surface area contributed by atoms with E-state index in [-0.39, 0.29) is 18.1 Å². The summed E-state index contributed by atoms with van der Waals surface area (Å²) < 4.78 is 17.8. The third-order valence-corrected chi connectivity index (χ3v) is 11.1. The van der Waals surface area contributed by atoms with Crippen LogP contribution in [0.2, 0.25) is 18.1 Å². The number of carbonyl (C=O) groups is 2. The van der Waals surface area contributed by atoms with Crippen LogP contribution in [0, 0.1) is 0 Å². The Morgan fingerprint density at radius 2 is 1.85 bits per heavy atom. The van der Waals surface area contributed by atoms with Gasteiger partial charge in [0.1, 0.15) is 18.6 Å². The molecule has 33 heavy (non-hydrogen) atoms. The number of amides is 1. The van der Waals surface area contributed by atoms with E-state index in [9.17, 15) is 9.59 Å². The molecule has 2 aromatic carbocycles. The maximum Gasteiger partial charge on any atom is 0.410 e. The molecule has 7 heteroatoms. The Kier molecular flexibility index (Phi) is 7.52. The fourth-order valence-corrected chi connectivity index (χ4v) is 4.76. The molecule has 1 heterocycles. The van der Waals surface area contributed by atoms with Gasteiger partial charge in [-0.15, -0.1) is 0 Å². The van der Waals surface area contributed by atoms with Crippen molar-refractivity contribution in [2.24, 2.45) is 0 Å². The molecule has 1 unspecified atom stereocenters. The second-order valence-electron chi connectivity index (χ2n) is 9.97. The molecule has 6 nitrogen and oxygen atoms in total. The number of methoxy groups -OCH3 is 1. The Labute approximate surface area is 198 Å². The van der Waals surface area contributed by atoms with Crippen LogP contribution in [0.3, 0.4) is 0 Å². The Balaban J connectivity index is 1.87. The molecule has 0 radical (unpaired) electrons. The highest BCUT2D eigenvalue weighted by atomic mass is 28.4. The van der Waals surface area contributed by atoms with Crippen molar-refractivity contribution in [2.75, 3.05) is 13.7 Å². The summed E-state index contributed by atoms with van der Waals surface area (Å²) in [7, 11) is -0.451. The SMILES string of the molecule is COc1cc2c(cc1O[Si](C)(C)C(C)(C)C)CCN(C(=O)OCc1ccccc1)C2CC=O. The van der Waals surface area contributed by atoms with Crippen LogP contribution in [0.25, 0.3) is 0 Å². The Morgan fingerprint density at radius 3 is 2.45 bits per heavy atom. The first kappa shape index (κ1) is 24.8. The maximum absolute atomic E-state index is 12.9. The average molecular weight is 470 g/mol. The third-order valence-electron chi connectivity index (χ3n) is 6.71. The van der Waals surface area contributed by atoms with Crippen LogP contribution >= 0.6 is 0 Å². The van der Waals surface area contributed by atoms with Crippen LogP contribution < -0.4 is 9.16 Å². The highest BCUT2D eigenvalue weighted by Crippen LogP contribution is 2.43. The fourth-order valence-electron chi connectivity index (χ4n) is 3.74. The summed E-state index contributed by atoms with van der Waals surface area (Å²) in [6, 6.07) is 13.1. The van der Waals surface area contributed by atoms with E-state index in [0.29, 0.717) is 18.7 Å². The minimum atomic E-state index is -2.07. The van der Waals surface area contributed by atoms with Crippen molar-refractivity contribution in [1.29, 1.82) is 0 Å². The lowest BCUT2D eigenvalue weighted by atomic mass is 9.90. The van der Waals surface area contributed by atoms with E-state index >= 15 is 0 Å². The predicted molar refractivity (Wildman–Crippen MR) is 131 cm³/mol. The van der Waals surface area contributed by atoms with E-state index < -0.39 is 20.5 Å². The molecule has 3 rings (SSSR count). The zero-order chi connectivity index (χ0) is 24.2. The number of hydrogen-bond donors (Lipinski definition) is 0. The van der Waals surface area contributed by atoms with E-state index in [1.54, 1.807) is 12.0 Å². The highest BCUT2D eigenvalue weighted by Gasteiger charge is 2.40. The summed E-state index contributed by atoms with van der Waals surface area (Å²) in [5, 5.41) is 0.0489. The van der Waals surface area contributed by atoms with Gasteiger partial charge in [0.2, 0.25) is 0 Å². The minimum absolute atomic E-state index is 0.0489. The second kappa shape index (κ2) is 9.99. The zero-order valence-electron chi connectivity index (χ0n) is 20.5. The summed E-state index contributed by atoms with van der Waals surface area (Å²) >= 11 is 0. The van der Waals surface area contributed by atoms with Crippen molar-refractivity contribution in [1.82, 2.24) is 4.90 Å². The van der Waals surface area contributed by atoms with Crippen LogP contribution in [0.5, 0.6) is 11.5 Å². The smallest absolute Gasteiger partial charge is 0.410 e. The van der Waals surface area contributed by atoms with Gasteiger partial charge in [0.25, 0.3) is 8.32 Å². The molecular formula is C26H35NO5Si. The molecule has 1 amide bonds. The summed E-state index contributed by atoms with van der Waals surface area (Å²) in [6.07, 6.45) is 1.28. The molecule has 1 atom stereocenters. The van der Waals surface area contributed by atoms with Crippen molar-refractivity contribution in [3.8, 4) is 11.5 Å². The monoisotopic (exact) mass is 469 g/mol. The van der Waals surface area contributed by atoms with Gasteiger partial charge in [0, 0.05) is 13.0 Å². The molecule has 0 fully saturated rings. The van der Waals surface area contributed by atoms with E-state index in [1.165, 1.54) is 0 Å². The van der Waals surface area contributed by atoms with Gasteiger partial charge in [0.15, 0.2) is 5.75 Å². The summed E-state index contributed by atoms with van der Waals surface area (Å²) in [5.41, 5.74) is 2.90. The molecule has 0 saturated carbocycles. The standard InChI is InChI=1S/C26H35NO5Si/c1-26(2,3)33(5,6)32-24-16-20-12-14-27(22(13-15-28)21(20)17-23(24)30-4)25(29)31-18-19-10-8-7-9-11-19/h7-11,15-17,22H,12-14,18H2,1-6H3. The number of benzene rings is 2. The average Bonchev–Trinajstić information content (AvgIpc) is 2.77. The lowest BCUT2D eigenvalue weighted by Gasteiger charge is -2.39. The Bertz CT molecular complexity index is 984. The molecule has 1 aliphatic rings. The molecule has 2 aromatic rings. The molecule has 0 bridgehead atoms. The largest absolute Gasteiger partial charge is 0.541 e. The van der Waals surface area contributed by atoms with Crippen molar-refractivity contribution >= 4 is 20.7 Å². The van der Waals surface area contributed by atoms with Gasteiger partial charge in [-0.3, -0.25) is 0 Å². The van der Waals surface area contributed by atoms with Crippen molar-refractivity contribution < 1.29 is 23.5 Å². The van der Waals surface area contributed by atoms with Gasteiger partial charge in [-0.25, -0.2) is 4.79 Å². The molecule has 0 saturated heterocycles. The van der Waals surface area contributed by atoms with Gasteiger partial charge < -0.3 is 23.6 Å². The topological polar surface area (TPSA) is 65.1 Å². The van der Waals surface area contributed by atoms with Gasteiger partial charge in [-0.05, 0) is 53.4 Å². The van der Waals surface area contributed by atoms with Crippen LogP contribution in [-0.2, 0) is 22.6 Å². The number of hydrogen-bond acceptors (Lipinski definition) is 5. The van der Waals surface area contributed by atoms with Crippen LogP contribution in [-0.4, -0.2) is 39.3 Å². The fraction of sp³-hybridized carbons (Fsp3) is 0.462. The normalized spacial score (nSPS) is 16.1. The van der Waals surface area contributed by atoms with Gasteiger partial charge >= 0.3 is 6.09 Å². The Morgan fingerprint density at radius 1 is 1.15 bits per heavy atom. The van der Waals surface area contributed by atoms with Gasteiger partial charge in [-0.2, -0.15) is 0 Å². The zero-order valence-corrected chi connectivity index (χ0v) is 21.5. The summed E-state index contributed by atoms with van der Waals surface area (Å²) in [4.78, 5) is 26.1. The van der Waals surface area contributed by atoms with Crippen LogP contribution in [0.1, 0.15) is 49.9 Å². The highest BCUT2D eigenvalue weighted by molar-refractivity contribution is 6.74. The van der Waals surface area contributed by atoms with E-state index in [1.807, 2.05) is 42.5 Å². The van der Waals surface area contributed by atoms with Crippen molar-refractivity contribution in [3.63, 3.8) is 0 Å². The molecular weight excluding hydrogens is 434 g/mol. The molecule has 0 spiro atoms. The third kappa shape index (κ3) is 5.58. The van der Waals surface area contributed by atoms with E-state index in [4.69, 9.17) is 13.9 Å². The lowest BCUT2D eigenvalue weighted by molar-refractivity contribution is -0.108. The molecule has 178 valence electrons. The summed E-state index contributed by atoms with van der Waals surface area (Å²) in [6.45, 7) is 11.7. The van der Waals surface area contributed by atoms with Crippen molar-refractivity contribution in [3.05, 3.63) is 59.2 Å². The number of fused-ring (bicyclic) bond motifs is 1. The first-order valence-electron chi connectivity index (χ1n) is 11.4. The number of carbonyl (C=O) groups excluding carboxylic acids is 2. The number of nitrogens with zero attached hydrogens (tertiary/aromatic N) is 1. The van der Waals surface area contributed by atoms with E-state index in [0.717, 1.165) is 28.7 Å². The van der Waals surface area contributed by atoms with Crippen LogP contribution in [0.15, 0.2) is 42.5 Å². The molecule has 0 aliphatic carbocycles. The lowest BCUT2D eigenvalue weighted by Crippen LogP contribution is -2.44.